The average molecular weight is 166 g/mol. The van der Waals surface area contributed by atoms with Crippen LogP contribution >= 0.6 is 0 Å². The summed E-state index contributed by atoms with van der Waals surface area (Å²) in [7, 11) is 1.84. The van der Waals surface area contributed by atoms with Crippen LogP contribution < -0.4 is 0 Å². The molecule has 0 aliphatic heterocycles. The summed E-state index contributed by atoms with van der Waals surface area (Å²) in [5, 5.41) is 0. The number of fused-ring (bicyclic) bond motifs is 2. The molecule has 0 aromatic carbocycles. The Morgan fingerprint density at radius 1 is 1.42 bits per heavy atom. The molecule has 0 aromatic rings. The molecule has 0 spiro atoms. The predicted molar refractivity (Wildman–Crippen MR) is 49.9 cm³/mol. The molecule has 2 rings (SSSR count). The Bertz CT molecular complexity index is 217. The molecule has 2 aliphatic rings. The zero-order valence-electron chi connectivity index (χ0n) is 8.26. The van der Waals surface area contributed by atoms with Crippen LogP contribution in [0.25, 0.3) is 0 Å². The molecule has 68 valence electrons. The minimum absolute atomic E-state index is 0.323. The fourth-order valence-corrected chi connectivity index (χ4v) is 3.16. The van der Waals surface area contributed by atoms with Gasteiger partial charge in [0.2, 0.25) is 0 Å². The predicted octanol–water partition coefficient (Wildman–Crippen LogP) is 2.62. The minimum atomic E-state index is 0.323. The largest absolute Gasteiger partial charge is 0.381 e. The van der Waals surface area contributed by atoms with Crippen molar-refractivity contribution in [2.24, 2.45) is 17.3 Å². The maximum absolute atomic E-state index is 5.54. The van der Waals surface area contributed by atoms with E-state index >= 15 is 0 Å². The fraction of sp³-hybridized carbons (Fsp3) is 0.818. The number of hydrogen-bond donors (Lipinski definition) is 0. The molecule has 0 amide bonds. The van der Waals surface area contributed by atoms with Gasteiger partial charge in [0.25, 0.3) is 0 Å². The monoisotopic (exact) mass is 166 g/mol. The number of ether oxygens (including phenoxy) is 1. The lowest BCUT2D eigenvalue weighted by Crippen LogP contribution is -2.24. The summed E-state index contributed by atoms with van der Waals surface area (Å²) in [6.45, 7) is 8.83. The number of methoxy groups -OCH3 is 1. The second-order valence-electron chi connectivity index (χ2n) is 4.74. The average Bonchev–Trinajstić information content (AvgIpc) is 2.50. The Kier molecular flexibility index (Phi) is 1.63. The van der Waals surface area contributed by atoms with Gasteiger partial charge in [-0.1, -0.05) is 26.0 Å². The quantitative estimate of drug-likeness (QED) is 0.544. The van der Waals surface area contributed by atoms with E-state index in [1.807, 2.05) is 7.11 Å². The number of hydrogen-bond acceptors (Lipinski definition) is 1. The summed E-state index contributed by atoms with van der Waals surface area (Å²) in [5.41, 5.74) is 1.74. The van der Waals surface area contributed by atoms with E-state index in [1.165, 1.54) is 18.4 Å². The van der Waals surface area contributed by atoms with Crippen molar-refractivity contribution in [3.8, 4) is 0 Å². The van der Waals surface area contributed by atoms with Gasteiger partial charge in [-0.15, -0.1) is 0 Å². The highest BCUT2D eigenvalue weighted by Crippen LogP contribution is 2.59. The maximum atomic E-state index is 5.54. The third-order valence-corrected chi connectivity index (χ3v) is 4.06. The third-order valence-electron chi connectivity index (χ3n) is 4.06. The molecule has 0 heterocycles. The van der Waals surface area contributed by atoms with Gasteiger partial charge in [0.05, 0.1) is 6.10 Å². The Morgan fingerprint density at radius 2 is 2.08 bits per heavy atom. The summed E-state index contributed by atoms with van der Waals surface area (Å²) in [6, 6.07) is 0. The molecule has 12 heavy (non-hydrogen) atoms. The van der Waals surface area contributed by atoms with Crippen LogP contribution in [0.15, 0.2) is 12.2 Å². The van der Waals surface area contributed by atoms with Crippen LogP contribution in [0.3, 0.4) is 0 Å². The van der Waals surface area contributed by atoms with Gasteiger partial charge in [-0.3, -0.25) is 0 Å². The summed E-state index contributed by atoms with van der Waals surface area (Å²) in [5.74, 6) is 1.37. The van der Waals surface area contributed by atoms with Crippen molar-refractivity contribution < 1.29 is 4.74 Å². The molecule has 0 N–H and O–H groups in total. The van der Waals surface area contributed by atoms with Crippen LogP contribution in [0.5, 0.6) is 0 Å². The molecule has 0 saturated heterocycles. The van der Waals surface area contributed by atoms with E-state index in [9.17, 15) is 0 Å². The smallest absolute Gasteiger partial charge is 0.0672 e. The first-order valence-electron chi connectivity index (χ1n) is 4.81. The van der Waals surface area contributed by atoms with Crippen LogP contribution in [-0.4, -0.2) is 13.2 Å². The van der Waals surface area contributed by atoms with Gasteiger partial charge in [-0.25, -0.2) is 0 Å². The second kappa shape index (κ2) is 2.35. The van der Waals surface area contributed by atoms with Gasteiger partial charge in [0, 0.05) is 13.0 Å². The summed E-state index contributed by atoms with van der Waals surface area (Å²) < 4.78 is 5.54. The van der Waals surface area contributed by atoms with Gasteiger partial charge in [0.15, 0.2) is 0 Å². The van der Waals surface area contributed by atoms with Crippen LogP contribution in [0.1, 0.15) is 26.7 Å². The molecule has 0 radical (unpaired) electrons. The van der Waals surface area contributed by atoms with Crippen molar-refractivity contribution in [2.75, 3.05) is 7.11 Å². The lowest BCUT2D eigenvalue weighted by Gasteiger charge is -2.31. The van der Waals surface area contributed by atoms with Crippen molar-refractivity contribution in [2.45, 2.75) is 32.8 Å². The maximum Gasteiger partial charge on any atom is 0.0672 e. The first kappa shape index (κ1) is 8.31. The van der Waals surface area contributed by atoms with Crippen molar-refractivity contribution >= 4 is 0 Å². The van der Waals surface area contributed by atoms with Gasteiger partial charge < -0.3 is 4.74 Å². The zero-order valence-corrected chi connectivity index (χ0v) is 8.26. The Hall–Kier alpha value is -0.300. The molecular formula is C11H18O. The molecule has 1 heteroatoms. The standard InChI is InChI=1S/C11H18O/c1-7-8-5-6-9(10(8)12-4)11(7,2)3/h8-10H,1,5-6H2,2-4H3. The lowest BCUT2D eigenvalue weighted by atomic mass is 9.73. The highest BCUT2D eigenvalue weighted by atomic mass is 16.5. The van der Waals surface area contributed by atoms with Crippen LogP contribution in [0.2, 0.25) is 0 Å². The molecule has 0 aromatic heterocycles. The zero-order chi connectivity index (χ0) is 8.93. The Labute approximate surface area is 74.8 Å². The first-order valence-corrected chi connectivity index (χ1v) is 4.81. The molecule has 2 fully saturated rings. The Balaban J connectivity index is 2.33. The van der Waals surface area contributed by atoms with E-state index in [2.05, 4.69) is 20.4 Å². The van der Waals surface area contributed by atoms with Crippen LogP contribution in [0.4, 0.5) is 0 Å². The van der Waals surface area contributed by atoms with Gasteiger partial charge in [0.1, 0.15) is 0 Å². The van der Waals surface area contributed by atoms with E-state index in [-0.39, 0.29) is 0 Å². The normalized spacial score (nSPS) is 43.9. The summed E-state index contributed by atoms with van der Waals surface area (Å²) in [4.78, 5) is 0. The van der Waals surface area contributed by atoms with E-state index in [4.69, 9.17) is 4.74 Å². The molecule has 1 nitrogen and oxygen atoms in total. The summed E-state index contributed by atoms with van der Waals surface area (Å²) in [6.07, 6.45) is 3.09. The lowest BCUT2D eigenvalue weighted by molar-refractivity contribution is 0.0512. The van der Waals surface area contributed by atoms with Crippen molar-refractivity contribution in [3.05, 3.63) is 12.2 Å². The molecule has 2 aliphatic carbocycles. The van der Waals surface area contributed by atoms with Crippen molar-refractivity contribution in [1.29, 1.82) is 0 Å². The van der Waals surface area contributed by atoms with E-state index in [1.54, 1.807) is 0 Å². The van der Waals surface area contributed by atoms with E-state index < -0.39 is 0 Å². The highest BCUT2D eigenvalue weighted by molar-refractivity contribution is 5.26. The Morgan fingerprint density at radius 3 is 2.42 bits per heavy atom. The van der Waals surface area contributed by atoms with Crippen LogP contribution in [-0.2, 0) is 4.74 Å². The third kappa shape index (κ3) is 0.779. The minimum Gasteiger partial charge on any atom is -0.381 e. The molecule has 3 unspecified atom stereocenters. The topological polar surface area (TPSA) is 9.23 Å². The van der Waals surface area contributed by atoms with E-state index in [0.29, 0.717) is 17.4 Å². The molecule has 3 atom stereocenters. The first-order chi connectivity index (χ1) is 5.59. The molecule has 2 bridgehead atoms. The van der Waals surface area contributed by atoms with Crippen molar-refractivity contribution in [1.82, 2.24) is 0 Å². The molecule has 2 saturated carbocycles. The number of rotatable bonds is 1. The summed E-state index contributed by atoms with van der Waals surface area (Å²) >= 11 is 0. The van der Waals surface area contributed by atoms with Gasteiger partial charge >= 0.3 is 0 Å². The fourth-order valence-electron chi connectivity index (χ4n) is 3.16. The van der Waals surface area contributed by atoms with Crippen LogP contribution in [0, 0.1) is 17.3 Å². The SMILES string of the molecule is C=C1C2CCC(C2OC)C1(C)C. The highest BCUT2D eigenvalue weighted by Gasteiger charge is 2.55. The van der Waals surface area contributed by atoms with Crippen molar-refractivity contribution in [3.63, 3.8) is 0 Å². The van der Waals surface area contributed by atoms with Gasteiger partial charge in [-0.05, 0) is 24.2 Å². The second-order valence-corrected chi connectivity index (χ2v) is 4.74. The van der Waals surface area contributed by atoms with E-state index in [0.717, 1.165) is 5.92 Å². The van der Waals surface area contributed by atoms with Gasteiger partial charge in [-0.2, -0.15) is 0 Å². The molecular weight excluding hydrogens is 148 g/mol.